The first-order chi connectivity index (χ1) is 8.15. The Morgan fingerprint density at radius 2 is 2.12 bits per heavy atom. The fourth-order valence-corrected chi connectivity index (χ4v) is 2.19. The monoisotopic (exact) mass is 231 g/mol. The first-order valence-corrected chi connectivity index (χ1v) is 5.39. The van der Waals surface area contributed by atoms with Gasteiger partial charge >= 0.3 is 5.97 Å². The highest BCUT2D eigenvalue weighted by Gasteiger charge is 2.34. The van der Waals surface area contributed by atoms with Gasteiger partial charge in [-0.1, -0.05) is 30.8 Å². The maximum absolute atomic E-state index is 11.6. The van der Waals surface area contributed by atoms with Crippen molar-refractivity contribution < 1.29 is 14.7 Å². The molecular formula is C13H13NO3. The quantitative estimate of drug-likeness (QED) is 0.782. The number of aliphatic carboxylic acids is 1. The Morgan fingerprint density at radius 3 is 2.76 bits per heavy atom. The van der Waals surface area contributed by atoms with Crippen LogP contribution in [0.15, 0.2) is 36.9 Å². The molecule has 0 saturated heterocycles. The van der Waals surface area contributed by atoms with Crippen molar-refractivity contribution in [1.29, 1.82) is 0 Å². The summed E-state index contributed by atoms with van der Waals surface area (Å²) in [5, 5.41) is 9.27. The van der Waals surface area contributed by atoms with Crippen LogP contribution in [0.2, 0.25) is 0 Å². The van der Waals surface area contributed by atoms with Gasteiger partial charge < -0.3 is 10.0 Å². The number of amides is 1. The lowest BCUT2D eigenvalue weighted by Crippen LogP contribution is -2.42. The Balaban J connectivity index is 2.46. The number of benzene rings is 1. The van der Waals surface area contributed by atoms with Gasteiger partial charge in [0.05, 0.1) is 0 Å². The molecule has 4 heteroatoms. The summed E-state index contributed by atoms with van der Waals surface area (Å²) in [6, 6.07) is 6.43. The van der Waals surface area contributed by atoms with Gasteiger partial charge in [0.15, 0.2) is 6.04 Å². The highest BCUT2D eigenvalue weighted by molar-refractivity contribution is 5.91. The second-order valence-corrected chi connectivity index (χ2v) is 3.93. The van der Waals surface area contributed by atoms with E-state index in [9.17, 15) is 14.7 Å². The zero-order chi connectivity index (χ0) is 12.4. The van der Waals surface area contributed by atoms with E-state index in [4.69, 9.17) is 0 Å². The van der Waals surface area contributed by atoms with Crippen LogP contribution in [0, 0.1) is 0 Å². The number of hydrogen-bond acceptors (Lipinski definition) is 2. The summed E-state index contributed by atoms with van der Waals surface area (Å²) in [5.74, 6) is -1.35. The molecule has 0 radical (unpaired) electrons. The number of carbonyl (C=O) groups is 2. The minimum absolute atomic E-state index is 0.341. The Kier molecular flexibility index (Phi) is 2.95. The molecule has 1 heterocycles. The Morgan fingerprint density at radius 1 is 1.41 bits per heavy atom. The molecule has 1 aromatic rings. The van der Waals surface area contributed by atoms with Crippen molar-refractivity contribution in [2.45, 2.75) is 12.5 Å². The van der Waals surface area contributed by atoms with E-state index in [2.05, 4.69) is 6.58 Å². The molecule has 0 spiro atoms. The zero-order valence-corrected chi connectivity index (χ0v) is 9.30. The smallest absolute Gasteiger partial charge is 0.331 e. The van der Waals surface area contributed by atoms with Crippen molar-refractivity contribution in [1.82, 2.24) is 4.90 Å². The molecule has 1 N–H and O–H groups in total. The van der Waals surface area contributed by atoms with Crippen molar-refractivity contribution in [3.8, 4) is 0 Å². The van der Waals surface area contributed by atoms with Gasteiger partial charge in [-0.3, -0.25) is 4.79 Å². The van der Waals surface area contributed by atoms with E-state index in [0.29, 0.717) is 18.5 Å². The number of fused-ring (bicyclic) bond motifs is 1. The van der Waals surface area contributed by atoms with E-state index < -0.39 is 12.0 Å². The van der Waals surface area contributed by atoms with Crippen LogP contribution in [0.25, 0.3) is 0 Å². The molecule has 1 amide bonds. The third-order valence-electron chi connectivity index (χ3n) is 2.98. The molecule has 1 aromatic carbocycles. The Hall–Kier alpha value is -2.10. The average Bonchev–Trinajstić information content (AvgIpc) is 2.36. The van der Waals surface area contributed by atoms with Gasteiger partial charge in [-0.15, -0.1) is 0 Å². The Labute approximate surface area is 99.2 Å². The van der Waals surface area contributed by atoms with Crippen LogP contribution in [-0.2, 0) is 16.0 Å². The molecule has 2 rings (SSSR count). The van der Waals surface area contributed by atoms with Gasteiger partial charge in [0.25, 0.3) is 0 Å². The normalized spacial score (nSPS) is 18.4. The maximum atomic E-state index is 11.6. The van der Waals surface area contributed by atoms with E-state index in [1.54, 1.807) is 12.1 Å². The summed E-state index contributed by atoms with van der Waals surface area (Å²) >= 11 is 0. The number of carboxylic acids is 1. The number of hydrogen-bond donors (Lipinski definition) is 1. The van der Waals surface area contributed by atoms with Gasteiger partial charge in [-0.05, 0) is 23.6 Å². The van der Waals surface area contributed by atoms with Crippen LogP contribution in [0.1, 0.15) is 17.2 Å². The van der Waals surface area contributed by atoms with Crippen molar-refractivity contribution in [2.24, 2.45) is 0 Å². The first-order valence-electron chi connectivity index (χ1n) is 5.39. The van der Waals surface area contributed by atoms with Gasteiger partial charge in [0, 0.05) is 6.54 Å². The van der Waals surface area contributed by atoms with Crippen LogP contribution < -0.4 is 0 Å². The van der Waals surface area contributed by atoms with Crippen molar-refractivity contribution in [2.75, 3.05) is 6.54 Å². The number of nitrogens with zero attached hydrogens (tertiary/aromatic N) is 1. The summed E-state index contributed by atoms with van der Waals surface area (Å²) in [4.78, 5) is 24.3. The van der Waals surface area contributed by atoms with Gasteiger partial charge in [0.2, 0.25) is 5.91 Å². The predicted octanol–water partition coefficient (Wildman–Crippen LogP) is 1.38. The highest BCUT2D eigenvalue weighted by atomic mass is 16.4. The summed E-state index contributed by atoms with van der Waals surface area (Å²) < 4.78 is 0. The molecule has 1 atom stereocenters. The summed E-state index contributed by atoms with van der Waals surface area (Å²) in [7, 11) is 0. The predicted molar refractivity (Wildman–Crippen MR) is 62.4 cm³/mol. The highest BCUT2D eigenvalue weighted by Crippen LogP contribution is 2.29. The maximum Gasteiger partial charge on any atom is 0.331 e. The van der Waals surface area contributed by atoms with Crippen LogP contribution >= 0.6 is 0 Å². The standard InChI is InChI=1S/C13H13NO3/c1-2-11(15)14-8-7-9-5-3-4-6-10(9)12(14)13(16)17/h2-6,12H,1,7-8H2,(H,16,17). The van der Waals surface area contributed by atoms with Crippen molar-refractivity contribution >= 4 is 11.9 Å². The van der Waals surface area contributed by atoms with E-state index in [1.807, 2.05) is 12.1 Å². The van der Waals surface area contributed by atoms with Crippen LogP contribution in [0.3, 0.4) is 0 Å². The lowest BCUT2D eigenvalue weighted by Gasteiger charge is -2.34. The molecule has 0 fully saturated rings. The molecule has 0 aromatic heterocycles. The van der Waals surface area contributed by atoms with Gasteiger partial charge in [-0.25, -0.2) is 4.79 Å². The molecule has 0 bridgehead atoms. The largest absolute Gasteiger partial charge is 0.479 e. The zero-order valence-electron chi connectivity index (χ0n) is 9.30. The minimum atomic E-state index is -1.01. The lowest BCUT2D eigenvalue weighted by molar-refractivity contribution is -0.149. The summed E-state index contributed by atoms with van der Waals surface area (Å²) in [6.45, 7) is 3.82. The van der Waals surface area contributed by atoms with Crippen LogP contribution in [-0.4, -0.2) is 28.4 Å². The molecule has 0 saturated carbocycles. The molecule has 1 aliphatic rings. The summed E-state index contributed by atoms with van der Waals surface area (Å²) in [6.07, 6.45) is 1.84. The lowest BCUT2D eigenvalue weighted by atomic mass is 9.92. The molecule has 17 heavy (non-hydrogen) atoms. The first kappa shape index (κ1) is 11.4. The Bertz CT molecular complexity index is 481. The number of carbonyl (C=O) groups excluding carboxylic acids is 1. The molecular weight excluding hydrogens is 218 g/mol. The van der Waals surface area contributed by atoms with Crippen LogP contribution in [0.4, 0.5) is 0 Å². The molecule has 1 unspecified atom stereocenters. The van der Waals surface area contributed by atoms with Crippen molar-refractivity contribution in [3.05, 3.63) is 48.0 Å². The number of rotatable bonds is 2. The fourth-order valence-electron chi connectivity index (χ4n) is 2.19. The topological polar surface area (TPSA) is 57.6 Å². The van der Waals surface area contributed by atoms with E-state index in [-0.39, 0.29) is 5.91 Å². The second-order valence-electron chi connectivity index (χ2n) is 3.93. The SMILES string of the molecule is C=CC(=O)N1CCc2ccccc2C1C(=O)O. The van der Waals surface area contributed by atoms with Crippen molar-refractivity contribution in [3.63, 3.8) is 0 Å². The van der Waals surface area contributed by atoms with Crippen LogP contribution in [0.5, 0.6) is 0 Å². The third-order valence-corrected chi connectivity index (χ3v) is 2.98. The molecule has 0 aliphatic carbocycles. The number of carboxylic acid groups (broad SMARTS) is 1. The molecule has 88 valence electrons. The average molecular weight is 231 g/mol. The van der Waals surface area contributed by atoms with E-state index in [1.165, 1.54) is 4.90 Å². The van der Waals surface area contributed by atoms with Gasteiger partial charge in [0.1, 0.15) is 0 Å². The minimum Gasteiger partial charge on any atom is -0.479 e. The summed E-state index contributed by atoms with van der Waals surface area (Å²) in [5.41, 5.74) is 1.69. The molecule has 1 aliphatic heterocycles. The van der Waals surface area contributed by atoms with Gasteiger partial charge in [-0.2, -0.15) is 0 Å². The third kappa shape index (κ3) is 1.93. The second kappa shape index (κ2) is 4.41. The fraction of sp³-hybridized carbons (Fsp3) is 0.231. The van der Waals surface area contributed by atoms with E-state index >= 15 is 0 Å². The van der Waals surface area contributed by atoms with E-state index in [0.717, 1.165) is 11.6 Å². The molecule has 4 nitrogen and oxygen atoms in total.